The van der Waals surface area contributed by atoms with Crippen LogP contribution in [-0.2, 0) is 5.41 Å². The summed E-state index contributed by atoms with van der Waals surface area (Å²) in [6, 6.07) is 6.61. The minimum atomic E-state index is 0.190. The summed E-state index contributed by atoms with van der Waals surface area (Å²) in [5, 5.41) is 3.46. The van der Waals surface area contributed by atoms with Gasteiger partial charge in [0.25, 0.3) is 0 Å². The summed E-state index contributed by atoms with van der Waals surface area (Å²) in [6.45, 7) is 8.75. The van der Waals surface area contributed by atoms with Gasteiger partial charge in [-0.15, -0.1) is 0 Å². The molecule has 1 aromatic carbocycles. The summed E-state index contributed by atoms with van der Waals surface area (Å²) in [4.78, 5) is 4.38. The Bertz CT molecular complexity index is 592. The van der Waals surface area contributed by atoms with Gasteiger partial charge >= 0.3 is 0 Å². The van der Waals surface area contributed by atoms with Crippen molar-refractivity contribution >= 4 is 0 Å². The van der Waals surface area contributed by atoms with E-state index in [9.17, 15) is 0 Å². The fraction of sp³-hybridized carbons (Fsp3) is 0.438. The monoisotopic (exact) mass is 255 g/mol. The van der Waals surface area contributed by atoms with Gasteiger partial charge in [-0.1, -0.05) is 13.0 Å². The third-order valence-corrected chi connectivity index (χ3v) is 4.39. The fourth-order valence-electron chi connectivity index (χ4n) is 2.86. The van der Waals surface area contributed by atoms with Gasteiger partial charge in [0.05, 0.1) is 6.33 Å². The Hall–Kier alpha value is -1.61. The van der Waals surface area contributed by atoms with Crippen molar-refractivity contribution in [3.05, 3.63) is 47.5 Å². The van der Waals surface area contributed by atoms with Crippen LogP contribution in [0.15, 0.2) is 30.7 Å². The molecule has 0 saturated carbocycles. The van der Waals surface area contributed by atoms with Crippen molar-refractivity contribution in [3.63, 3.8) is 0 Å². The van der Waals surface area contributed by atoms with Crippen LogP contribution in [0.3, 0.4) is 0 Å². The first-order valence-corrected chi connectivity index (χ1v) is 6.91. The molecule has 1 unspecified atom stereocenters. The number of nitrogens with one attached hydrogen (secondary N) is 1. The fourth-order valence-corrected chi connectivity index (χ4v) is 2.86. The van der Waals surface area contributed by atoms with Crippen molar-refractivity contribution in [2.75, 3.05) is 13.1 Å². The highest BCUT2D eigenvalue weighted by atomic mass is 15.1. The lowest BCUT2D eigenvalue weighted by Crippen LogP contribution is -2.27. The van der Waals surface area contributed by atoms with Gasteiger partial charge in [0.2, 0.25) is 0 Å². The minimum Gasteiger partial charge on any atom is -0.316 e. The number of rotatable bonds is 2. The highest BCUT2D eigenvalue weighted by Gasteiger charge is 2.33. The van der Waals surface area contributed by atoms with Crippen LogP contribution < -0.4 is 5.32 Å². The van der Waals surface area contributed by atoms with Gasteiger partial charge in [0, 0.05) is 29.5 Å². The van der Waals surface area contributed by atoms with Gasteiger partial charge in [-0.25, -0.2) is 4.98 Å². The molecular weight excluding hydrogens is 234 g/mol. The third kappa shape index (κ3) is 2.08. The molecule has 0 bridgehead atoms. The van der Waals surface area contributed by atoms with E-state index in [-0.39, 0.29) is 5.41 Å². The molecule has 100 valence electrons. The van der Waals surface area contributed by atoms with Crippen molar-refractivity contribution in [1.82, 2.24) is 14.9 Å². The Morgan fingerprint density at radius 3 is 2.79 bits per heavy atom. The normalized spacial score (nSPS) is 22.9. The lowest BCUT2D eigenvalue weighted by atomic mass is 9.86. The van der Waals surface area contributed by atoms with Crippen molar-refractivity contribution < 1.29 is 0 Å². The number of aryl methyl sites for hydroxylation is 2. The molecule has 1 saturated heterocycles. The molecule has 19 heavy (non-hydrogen) atoms. The minimum absolute atomic E-state index is 0.190. The SMILES string of the molecule is Cc1ccc(-n2cncc2C2(C)CCNC2)cc1C. The molecule has 0 radical (unpaired) electrons. The third-order valence-electron chi connectivity index (χ3n) is 4.39. The molecule has 0 amide bonds. The molecular formula is C16H21N3. The van der Waals surface area contributed by atoms with E-state index < -0.39 is 0 Å². The van der Waals surface area contributed by atoms with Crippen LogP contribution in [0, 0.1) is 13.8 Å². The Balaban J connectivity index is 2.06. The zero-order chi connectivity index (χ0) is 13.5. The maximum Gasteiger partial charge on any atom is 0.0994 e. The smallest absolute Gasteiger partial charge is 0.0994 e. The van der Waals surface area contributed by atoms with E-state index in [1.54, 1.807) is 0 Å². The molecule has 1 aromatic heterocycles. The average Bonchev–Trinajstić information content (AvgIpc) is 3.02. The van der Waals surface area contributed by atoms with E-state index in [1.165, 1.54) is 28.9 Å². The Labute approximate surface area is 114 Å². The molecule has 1 N–H and O–H groups in total. The molecule has 0 spiro atoms. The van der Waals surface area contributed by atoms with E-state index in [4.69, 9.17) is 0 Å². The molecule has 3 rings (SSSR count). The molecule has 1 fully saturated rings. The Morgan fingerprint density at radius 2 is 2.11 bits per heavy atom. The number of benzene rings is 1. The predicted molar refractivity (Wildman–Crippen MR) is 77.9 cm³/mol. The molecule has 3 heteroatoms. The molecule has 0 aliphatic carbocycles. The molecule has 1 aliphatic rings. The summed E-state index contributed by atoms with van der Waals surface area (Å²) in [5.41, 5.74) is 5.37. The number of imidazole rings is 1. The zero-order valence-corrected chi connectivity index (χ0v) is 11.9. The standard InChI is InChI=1S/C16H21N3/c1-12-4-5-14(8-13(12)2)19-11-18-9-15(19)16(3)6-7-17-10-16/h4-5,8-9,11,17H,6-7,10H2,1-3H3. The first-order valence-electron chi connectivity index (χ1n) is 6.91. The summed E-state index contributed by atoms with van der Waals surface area (Å²) in [7, 11) is 0. The second-order valence-electron chi connectivity index (χ2n) is 5.90. The van der Waals surface area contributed by atoms with Gasteiger partial charge in [0.1, 0.15) is 0 Å². The topological polar surface area (TPSA) is 29.9 Å². The van der Waals surface area contributed by atoms with Crippen molar-refractivity contribution in [2.45, 2.75) is 32.6 Å². The van der Waals surface area contributed by atoms with Gasteiger partial charge < -0.3 is 9.88 Å². The summed E-state index contributed by atoms with van der Waals surface area (Å²) >= 11 is 0. The first-order chi connectivity index (χ1) is 9.10. The van der Waals surface area contributed by atoms with Crippen molar-refractivity contribution in [1.29, 1.82) is 0 Å². The van der Waals surface area contributed by atoms with Crippen LogP contribution >= 0.6 is 0 Å². The van der Waals surface area contributed by atoms with E-state index in [0.29, 0.717) is 0 Å². The maximum atomic E-state index is 4.38. The van der Waals surface area contributed by atoms with Gasteiger partial charge in [0.15, 0.2) is 0 Å². The van der Waals surface area contributed by atoms with Crippen molar-refractivity contribution in [3.8, 4) is 5.69 Å². The highest BCUT2D eigenvalue weighted by molar-refractivity contribution is 5.42. The molecule has 1 atom stereocenters. The van der Waals surface area contributed by atoms with E-state index in [2.05, 4.69) is 53.8 Å². The molecule has 3 nitrogen and oxygen atoms in total. The van der Waals surface area contributed by atoms with Gasteiger partial charge in [-0.3, -0.25) is 0 Å². The lowest BCUT2D eigenvalue weighted by Gasteiger charge is -2.24. The number of hydrogen-bond donors (Lipinski definition) is 1. The van der Waals surface area contributed by atoms with E-state index in [1.807, 2.05) is 12.5 Å². The Morgan fingerprint density at radius 1 is 1.26 bits per heavy atom. The number of aromatic nitrogens is 2. The summed E-state index contributed by atoms with van der Waals surface area (Å²) < 4.78 is 2.24. The first kappa shape index (κ1) is 12.4. The number of hydrogen-bond acceptors (Lipinski definition) is 2. The van der Waals surface area contributed by atoms with Crippen LogP contribution in [0.2, 0.25) is 0 Å². The van der Waals surface area contributed by atoms with Gasteiger partial charge in [-0.2, -0.15) is 0 Å². The zero-order valence-electron chi connectivity index (χ0n) is 11.9. The lowest BCUT2D eigenvalue weighted by molar-refractivity contribution is 0.499. The summed E-state index contributed by atoms with van der Waals surface area (Å²) in [6.07, 6.45) is 5.12. The summed E-state index contributed by atoms with van der Waals surface area (Å²) in [5.74, 6) is 0. The quantitative estimate of drug-likeness (QED) is 0.894. The average molecular weight is 255 g/mol. The molecule has 2 heterocycles. The van der Waals surface area contributed by atoms with E-state index >= 15 is 0 Å². The maximum absolute atomic E-state index is 4.38. The molecule has 2 aromatic rings. The number of nitrogens with zero attached hydrogens (tertiary/aromatic N) is 2. The highest BCUT2D eigenvalue weighted by Crippen LogP contribution is 2.31. The van der Waals surface area contributed by atoms with Crippen molar-refractivity contribution in [2.24, 2.45) is 0 Å². The molecule has 1 aliphatic heterocycles. The second kappa shape index (κ2) is 4.49. The largest absolute Gasteiger partial charge is 0.316 e. The predicted octanol–water partition coefficient (Wildman–Crippen LogP) is 2.74. The van der Waals surface area contributed by atoms with Crippen LogP contribution in [0.5, 0.6) is 0 Å². The van der Waals surface area contributed by atoms with Crippen LogP contribution in [0.4, 0.5) is 0 Å². The van der Waals surface area contributed by atoms with Gasteiger partial charge in [-0.05, 0) is 50.1 Å². The van der Waals surface area contributed by atoms with Crippen LogP contribution in [0.1, 0.15) is 30.2 Å². The van der Waals surface area contributed by atoms with Crippen LogP contribution in [-0.4, -0.2) is 22.6 Å². The Kier molecular flexibility index (Phi) is 2.94. The van der Waals surface area contributed by atoms with E-state index in [0.717, 1.165) is 13.1 Å². The second-order valence-corrected chi connectivity index (χ2v) is 5.90. The van der Waals surface area contributed by atoms with Crippen LogP contribution in [0.25, 0.3) is 5.69 Å².